The van der Waals surface area contributed by atoms with E-state index in [1.54, 1.807) is 6.07 Å². The van der Waals surface area contributed by atoms with E-state index in [0.717, 1.165) is 6.07 Å². The van der Waals surface area contributed by atoms with Crippen LogP contribution in [0.3, 0.4) is 0 Å². The molecule has 2 heterocycles. The zero-order valence-corrected chi connectivity index (χ0v) is 16.5. The van der Waals surface area contributed by atoms with Gasteiger partial charge in [-0.2, -0.15) is 0 Å². The fraction of sp³-hybridized carbons (Fsp3) is 0.381. The molecular formula is C21H21F4N3O2. The summed E-state index contributed by atoms with van der Waals surface area (Å²) in [5, 5.41) is 0. The number of rotatable bonds is 6. The van der Waals surface area contributed by atoms with Crippen LogP contribution in [0.25, 0.3) is 0 Å². The number of aliphatic imine (C=N–C) groups is 1. The smallest absolute Gasteiger partial charge is 0.195 e. The molecule has 1 aliphatic heterocycles. The topological polar surface area (TPSA) is 77.6 Å². The van der Waals surface area contributed by atoms with Gasteiger partial charge in [-0.05, 0) is 49.6 Å². The second-order valence-corrected chi connectivity index (χ2v) is 7.49. The number of amidine groups is 1. The predicted molar refractivity (Wildman–Crippen MR) is 103 cm³/mol. The summed E-state index contributed by atoms with van der Waals surface area (Å²) in [5.74, 6) is -2.87. The van der Waals surface area contributed by atoms with Crippen LogP contribution in [0.4, 0.5) is 17.6 Å². The second kappa shape index (κ2) is 8.04. The molecule has 2 N–H and O–H groups in total. The Hall–Kier alpha value is -2.97. The minimum Gasteiger partial charge on any atom is -0.495 e. The lowest BCUT2D eigenvalue weighted by Gasteiger charge is -2.36. The number of ether oxygens (including phenoxy) is 1. The Bertz CT molecular complexity index is 996. The lowest BCUT2D eigenvalue weighted by molar-refractivity contribution is 0.0988. The minimum absolute atomic E-state index is 0.0814. The van der Waals surface area contributed by atoms with Gasteiger partial charge < -0.3 is 10.5 Å². The molecule has 0 aliphatic carbocycles. The van der Waals surface area contributed by atoms with Gasteiger partial charge in [-0.25, -0.2) is 22.5 Å². The molecule has 1 aromatic heterocycles. The zero-order valence-electron chi connectivity index (χ0n) is 16.5. The largest absolute Gasteiger partial charge is 0.495 e. The van der Waals surface area contributed by atoms with Gasteiger partial charge in [-0.15, -0.1) is 0 Å². The van der Waals surface area contributed by atoms with Gasteiger partial charge in [0.05, 0.1) is 18.8 Å². The molecule has 1 aliphatic rings. The Labute approximate surface area is 171 Å². The second-order valence-electron chi connectivity index (χ2n) is 7.49. The highest BCUT2D eigenvalue weighted by atomic mass is 19.2. The van der Waals surface area contributed by atoms with E-state index < -0.39 is 41.1 Å². The lowest BCUT2D eigenvalue weighted by Crippen LogP contribution is -2.48. The number of carbonyl (C=O) groups is 1. The third kappa shape index (κ3) is 4.01. The standard InChI is InChI=1S/C21H21F4N3O2/c1-20(5-6-21(25,11-22)19(26)28-20)14-7-12(8-15(23)18(14)24)9-17(29)16-4-3-13(30-2)10-27-16/h3-4,7-8,10H,5-6,9,11H2,1-2H3,(H2,26,28)/t20-,21-/m0/s1. The first-order valence-electron chi connectivity index (χ1n) is 9.24. The number of aromatic nitrogens is 1. The van der Waals surface area contributed by atoms with E-state index >= 15 is 0 Å². The van der Waals surface area contributed by atoms with Gasteiger partial charge in [0.25, 0.3) is 0 Å². The average Bonchev–Trinajstić information content (AvgIpc) is 2.73. The van der Waals surface area contributed by atoms with Crippen LogP contribution < -0.4 is 10.5 Å². The summed E-state index contributed by atoms with van der Waals surface area (Å²) >= 11 is 0. The first-order chi connectivity index (χ1) is 14.1. The van der Waals surface area contributed by atoms with Crippen LogP contribution in [0, 0.1) is 11.6 Å². The number of hydrogen-bond donors (Lipinski definition) is 1. The summed E-state index contributed by atoms with van der Waals surface area (Å²) in [5.41, 5.74) is 1.95. The third-order valence-electron chi connectivity index (χ3n) is 5.34. The van der Waals surface area contributed by atoms with Crippen LogP contribution in [0.2, 0.25) is 0 Å². The maximum absolute atomic E-state index is 14.6. The summed E-state index contributed by atoms with van der Waals surface area (Å²) in [4.78, 5) is 20.5. The number of halogens is 4. The fourth-order valence-corrected chi connectivity index (χ4v) is 3.40. The number of alkyl halides is 2. The molecule has 1 aromatic carbocycles. The average molecular weight is 423 g/mol. The molecule has 2 atom stereocenters. The lowest BCUT2D eigenvalue weighted by atomic mass is 9.80. The van der Waals surface area contributed by atoms with Gasteiger partial charge in [0.2, 0.25) is 0 Å². The zero-order chi connectivity index (χ0) is 22.1. The molecule has 30 heavy (non-hydrogen) atoms. The molecule has 160 valence electrons. The SMILES string of the molecule is COc1ccc(C(=O)Cc2cc(F)c(F)c([C@]3(C)CC[C@](F)(CF)C(N)=N3)c2)nc1. The van der Waals surface area contributed by atoms with Crippen molar-refractivity contribution in [3.05, 3.63) is 58.9 Å². The van der Waals surface area contributed by atoms with Crippen LogP contribution in [-0.4, -0.2) is 36.1 Å². The Balaban J connectivity index is 1.93. The number of ketones is 1. The monoisotopic (exact) mass is 423 g/mol. The number of carbonyl (C=O) groups excluding carboxylic acids is 1. The van der Waals surface area contributed by atoms with E-state index in [9.17, 15) is 22.4 Å². The van der Waals surface area contributed by atoms with E-state index in [1.165, 1.54) is 32.4 Å². The molecule has 0 bridgehead atoms. The molecule has 0 fully saturated rings. The molecule has 9 heteroatoms. The van der Waals surface area contributed by atoms with E-state index in [0.29, 0.717) is 5.75 Å². The molecule has 0 spiro atoms. The minimum atomic E-state index is -2.41. The van der Waals surface area contributed by atoms with Crippen LogP contribution in [0.1, 0.15) is 41.4 Å². The van der Waals surface area contributed by atoms with Crippen molar-refractivity contribution in [2.24, 2.45) is 10.7 Å². The highest BCUT2D eigenvalue weighted by molar-refractivity contribution is 5.95. The van der Waals surface area contributed by atoms with Gasteiger partial charge in [-0.3, -0.25) is 9.79 Å². The Morgan fingerprint density at radius 1 is 1.27 bits per heavy atom. The molecule has 0 radical (unpaired) electrons. The van der Waals surface area contributed by atoms with Crippen molar-refractivity contribution < 1.29 is 27.1 Å². The maximum atomic E-state index is 14.6. The van der Waals surface area contributed by atoms with Crippen molar-refractivity contribution in [2.75, 3.05) is 13.8 Å². The highest BCUT2D eigenvalue weighted by Gasteiger charge is 2.45. The number of benzene rings is 1. The van der Waals surface area contributed by atoms with E-state index in [2.05, 4.69) is 9.98 Å². The van der Waals surface area contributed by atoms with Gasteiger partial charge in [-0.1, -0.05) is 0 Å². The Kier molecular flexibility index (Phi) is 5.83. The molecule has 2 aromatic rings. The van der Waals surface area contributed by atoms with Crippen LogP contribution in [-0.2, 0) is 12.0 Å². The first kappa shape index (κ1) is 21.7. The van der Waals surface area contributed by atoms with Gasteiger partial charge in [0.15, 0.2) is 23.1 Å². The van der Waals surface area contributed by atoms with E-state index in [1.807, 2.05) is 0 Å². The summed E-state index contributed by atoms with van der Waals surface area (Å²) in [7, 11) is 1.46. The molecule has 3 rings (SSSR count). The van der Waals surface area contributed by atoms with Crippen LogP contribution in [0.15, 0.2) is 35.5 Å². The quantitative estimate of drug-likeness (QED) is 0.566. The first-order valence-corrected chi connectivity index (χ1v) is 9.24. The van der Waals surface area contributed by atoms with Crippen molar-refractivity contribution >= 4 is 11.6 Å². The van der Waals surface area contributed by atoms with Gasteiger partial charge in [0, 0.05) is 12.0 Å². The highest BCUT2D eigenvalue weighted by Crippen LogP contribution is 2.41. The summed E-state index contributed by atoms with van der Waals surface area (Å²) in [6.45, 7) is 0.116. The molecule has 0 saturated heterocycles. The predicted octanol–water partition coefficient (Wildman–Crippen LogP) is 3.84. The third-order valence-corrected chi connectivity index (χ3v) is 5.34. The van der Waals surface area contributed by atoms with Crippen LogP contribution >= 0.6 is 0 Å². The Morgan fingerprint density at radius 3 is 2.57 bits per heavy atom. The van der Waals surface area contributed by atoms with E-state index in [4.69, 9.17) is 10.5 Å². The Morgan fingerprint density at radius 2 is 2.00 bits per heavy atom. The molecule has 5 nitrogen and oxygen atoms in total. The number of hydrogen-bond acceptors (Lipinski definition) is 5. The summed E-state index contributed by atoms with van der Waals surface area (Å²) in [6, 6.07) is 5.25. The van der Waals surface area contributed by atoms with Crippen molar-refractivity contribution in [2.45, 2.75) is 37.4 Å². The molecular weight excluding hydrogens is 402 g/mol. The molecule has 0 amide bonds. The summed E-state index contributed by atoms with van der Waals surface area (Å²) in [6.07, 6.45) is 0.728. The number of pyridine rings is 1. The molecule has 0 unspecified atom stereocenters. The number of nitrogens with zero attached hydrogens (tertiary/aromatic N) is 2. The number of nitrogens with two attached hydrogens (primary N) is 1. The van der Waals surface area contributed by atoms with Crippen molar-refractivity contribution in [1.29, 1.82) is 0 Å². The normalized spacial score (nSPS) is 23.7. The number of Topliss-reactive ketones (excluding diaryl/α,β-unsaturated/α-hetero) is 1. The van der Waals surface area contributed by atoms with Crippen molar-refractivity contribution in [3.8, 4) is 5.75 Å². The van der Waals surface area contributed by atoms with Crippen LogP contribution in [0.5, 0.6) is 5.75 Å². The van der Waals surface area contributed by atoms with Gasteiger partial charge >= 0.3 is 0 Å². The fourth-order valence-electron chi connectivity index (χ4n) is 3.40. The van der Waals surface area contributed by atoms with Crippen molar-refractivity contribution in [1.82, 2.24) is 4.98 Å². The van der Waals surface area contributed by atoms with Gasteiger partial charge in [0.1, 0.15) is 24.0 Å². The number of methoxy groups -OCH3 is 1. The maximum Gasteiger partial charge on any atom is 0.195 e. The summed E-state index contributed by atoms with van der Waals surface area (Å²) < 4.78 is 61.3. The molecule has 0 saturated carbocycles. The van der Waals surface area contributed by atoms with E-state index in [-0.39, 0.29) is 36.1 Å². The van der Waals surface area contributed by atoms with Crippen molar-refractivity contribution in [3.63, 3.8) is 0 Å².